The van der Waals surface area contributed by atoms with Crippen LogP contribution in [0.1, 0.15) is 13.8 Å². The molecule has 6 heteroatoms. The van der Waals surface area contributed by atoms with E-state index in [1.54, 1.807) is 13.8 Å². The first-order valence-corrected chi connectivity index (χ1v) is 6.25. The summed E-state index contributed by atoms with van der Waals surface area (Å²) in [4.78, 5) is 0. The van der Waals surface area contributed by atoms with Crippen LogP contribution in [0, 0.1) is 0 Å². The first-order chi connectivity index (χ1) is 6.83. The van der Waals surface area contributed by atoms with Crippen LogP contribution >= 0.6 is 11.6 Å². The van der Waals surface area contributed by atoms with Crippen molar-refractivity contribution in [3.8, 4) is 5.75 Å². The van der Waals surface area contributed by atoms with Crippen molar-refractivity contribution in [3.05, 3.63) is 23.2 Å². The predicted octanol–water partition coefficient (Wildman–Crippen LogP) is 2.20. The average Bonchev–Trinajstić information content (AvgIpc) is 2.10. The summed E-state index contributed by atoms with van der Waals surface area (Å²) >= 11 is 5.64. The molecule has 0 bridgehead atoms. The second-order valence-electron chi connectivity index (χ2n) is 3.36. The van der Waals surface area contributed by atoms with Crippen molar-refractivity contribution in [1.82, 2.24) is 0 Å². The Bertz CT molecular complexity index is 456. The largest absolute Gasteiger partial charge is 0.506 e. The van der Waals surface area contributed by atoms with E-state index in [4.69, 9.17) is 16.7 Å². The summed E-state index contributed by atoms with van der Waals surface area (Å²) in [6.07, 6.45) is 0. The van der Waals surface area contributed by atoms with Gasteiger partial charge < -0.3 is 5.11 Å². The lowest BCUT2D eigenvalue weighted by Crippen LogP contribution is -2.22. The van der Waals surface area contributed by atoms with Crippen molar-refractivity contribution < 1.29 is 13.5 Å². The van der Waals surface area contributed by atoms with Crippen molar-refractivity contribution >= 4 is 27.3 Å². The van der Waals surface area contributed by atoms with Gasteiger partial charge in [0.2, 0.25) is 10.0 Å². The van der Waals surface area contributed by atoms with E-state index in [9.17, 15) is 8.42 Å². The molecule has 4 nitrogen and oxygen atoms in total. The van der Waals surface area contributed by atoms with Gasteiger partial charge in [-0.2, -0.15) is 0 Å². The Morgan fingerprint density at radius 3 is 2.47 bits per heavy atom. The van der Waals surface area contributed by atoms with Crippen LogP contribution in [0.2, 0.25) is 5.02 Å². The molecular weight excluding hydrogens is 238 g/mol. The number of halogens is 1. The summed E-state index contributed by atoms with van der Waals surface area (Å²) in [6, 6.07) is 4.14. The molecule has 84 valence electrons. The number of sulfonamides is 1. The minimum Gasteiger partial charge on any atom is -0.506 e. The normalized spacial score (nSPS) is 11.7. The second kappa shape index (κ2) is 4.28. The van der Waals surface area contributed by atoms with E-state index in [1.807, 2.05) is 0 Å². The number of hydrogen-bond donors (Lipinski definition) is 2. The molecule has 1 rings (SSSR count). The number of nitrogens with one attached hydrogen (secondary N) is 1. The molecule has 0 aliphatic carbocycles. The van der Waals surface area contributed by atoms with Gasteiger partial charge in [0, 0.05) is 0 Å². The molecule has 0 heterocycles. The third-order valence-corrected chi connectivity index (χ3v) is 3.89. The van der Waals surface area contributed by atoms with E-state index in [0.29, 0.717) is 5.69 Å². The summed E-state index contributed by atoms with van der Waals surface area (Å²) in [5.41, 5.74) is 0.339. The maximum atomic E-state index is 11.5. The van der Waals surface area contributed by atoms with Crippen molar-refractivity contribution in [3.63, 3.8) is 0 Å². The number of rotatable bonds is 3. The SMILES string of the molecule is CC(C)S(=O)(=O)Nc1ccc(O)c(Cl)c1. The van der Waals surface area contributed by atoms with Gasteiger partial charge >= 0.3 is 0 Å². The van der Waals surface area contributed by atoms with Crippen LogP contribution in [-0.2, 0) is 10.0 Å². The molecule has 0 unspecified atom stereocenters. The van der Waals surface area contributed by atoms with Crippen LogP contribution in [0.4, 0.5) is 5.69 Å². The molecule has 0 spiro atoms. The lowest BCUT2D eigenvalue weighted by molar-refractivity contribution is 0.475. The summed E-state index contributed by atoms with van der Waals surface area (Å²) in [7, 11) is -3.37. The van der Waals surface area contributed by atoms with Crippen LogP contribution in [0.3, 0.4) is 0 Å². The maximum Gasteiger partial charge on any atom is 0.235 e. The molecule has 0 saturated carbocycles. The fourth-order valence-corrected chi connectivity index (χ4v) is 1.72. The first kappa shape index (κ1) is 12.1. The molecule has 0 aliphatic heterocycles. The highest BCUT2D eigenvalue weighted by atomic mass is 35.5. The van der Waals surface area contributed by atoms with E-state index in [-0.39, 0.29) is 10.8 Å². The smallest absolute Gasteiger partial charge is 0.235 e. The van der Waals surface area contributed by atoms with Crippen molar-refractivity contribution in [2.75, 3.05) is 4.72 Å². The monoisotopic (exact) mass is 249 g/mol. The predicted molar refractivity (Wildman–Crippen MR) is 60.8 cm³/mol. The van der Waals surface area contributed by atoms with Crippen LogP contribution in [0.25, 0.3) is 0 Å². The zero-order valence-electron chi connectivity index (χ0n) is 8.36. The summed E-state index contributed by atoms with van der Waals surface area (Å²) in [5, 5.41) is 8.73. The molecule has 2 N–H and O–H groups in total. The Hall–Kier alpha value is -0.940. The lowest BCUT2D eigenvalue weighted by Gasteiger charge is -2.11. The molecular formula is C9H12ClNO3S. The fourth-order valence-electron chi connectivity index (χ4n) is 0.853. The van der Waals surface area contributed by atoms with Gasteiger partial charge in [-0.1, -0.05) is 11.6 Å². The topological polar surface area (TPSA) is 66.4 Å². The minimum atomic E-state index is -3.37. The quantitative estimate of drug-likeness (QED) is 0.807. The lowest BCUT2D eigenvalue weighted by atomic mass is 10.3. The number of phenolic OH excluding ortho intramolecular Hbond substituents is 1. The van der Waals surface area contributed by atoms with E-state index in [1.165, 1.54) is 18.2 Å². The van der Waals surface area contributed by atoms with Gasteiger partial charge in [0.05, 0.1) is 16.0 Å². The molecule has 0 aliphatic rings. The molecule has 1 aromatic rings. The Labute approximate surface area is 93.9 Å². The van der Waals surface area contributed by atoms with Crippen LogP contribution < -0.4 is 4.72 Å². The van der Waals surface area contributed by atoms with Gasteiger partial charge in [-0.3, -0.25) is 4.72 Å². The second-order valence-corrected chi connectivity index (χ2v) is 6.01. The van der Waals surface area contributed by atoms with Gasteiger partial charge in [-0.25, -0.2) is 8.42 Å². The number of benzene rings is 1. The highest BCUT2D eigenvalue weighted by Gasteiger charge is 2.15. The van der Waals surface area contributed by atoms with Gasteiger partial charge in [0.1, 0.15) is 5.75 Å². The van der Waals surface area contributed by atoms with E-state index >= 15 is 0 Å². The van der Waals surface area contributed by atoms with Gasteiger partial charge in [0.25, 0.3) is 0 Å². The van der Waals surface area contributed by atoms with Crippen molar-refractivity contribution in [2.45, 2.75) is 19.1 Å². The maximum absolute atomic E-state index is 11.5. The minimum absolute atomic E-state index is 0.0795. The Morgan fingerprint density at radius 2 is 2.00 bits per heavy atom. The number of anilines is 1. The zero-order valence-corrected chi connectivity index (χ0v) is 9.93. The Morgan fingerprint density at radius 1 is 1.40 bits per heavy atom. The van der Waals surface area contributed by atoms with Gasteiger partial charge in [0.15, 0.2) is 0 Å². The van der Waals surface area contributed by atoms with E-state index in [2.05, 4.69) is 4.72 Å². The third kappa shape index (κ3) is 3.00. The summed E-state index contributed by atoms with van der Waals surface area (Å²) in [6.45, 7) is 3.15. The standard InChI is InChI=1S/C9H12ClNO3S/c1-6(2)15(13,14)11-7-3-4-9(12)8(10)5-7/h3-6,11-12H,1-2H3. The number of hydrogen-bond acceptors (Lipinski definition) is 3. The van der Waals surface area contributed by atoms with E-state index in [0.717, 1.165) is 0 Å². The molecule has 0 amide bonds. The Kier molecular flexibility index (Phi) is 3.46. The van der Waals surface area contributed by atoms with Gasteiger partial charge in [-0.05, 0) is 32.0 Å². The van der Waals surface area contributed by atoms with Crippen LogP contribution in [0.5, 0.6) is 5.75 Å². The van der Waals surface area contributed by atoms with Crippen molar-refractivity contribution in [1.29, 1.82) is 0 Å². The fraction of sp³-hybridized carbons (Fsp3) is 0.333. The van der Waals surface area contributed by atoms with Crippen molar-refractivity contribution in [2.24, 2.45) is 0 Å². The highest BCUT2D eigenvalue weighted by Crippen LogP contribution is 2.26. The average molecular weight is 250 g/mol. The summed E-state index contributed by atoms with van der Waals surface area (Å²) < 4.78 is 25.3. The molecule has 0 radical (unpaired) electrons. The molecule has 0 saturated heterocycles. The summed E-state index contributed by atoms with van der Waals surface area (Å²) in [5.74, 6) is -0.0795. The molecule has 0 atom stereocenters. The third-order valence-electron chi connectivity index (χ3n) is 1.83. The Balaban J connectivity index is 2.96. The van der Waals surface area contributed by atoms with Gasteiger partial charge in [-0.15, -0.1) is 0 Å². The van der Waals surface area contributed by atoms with Crippen LogP contribution in [0.15, 0.2) is 18.2 Å². The molecule has 0 aromatic heterocycles. The number of phenols is 1. The van der Waals surface area contributed by atoms with E-state index < -0.39 is 15.3 Å². The number of aromatic hydroxyl groups is 1. The highest BCUT2D eigenvalue weighted by molar-refractivity contribution is 7.93. The molecule has 15 heavy (non-hydrogen) atoms. The molecule has 1 aromatic carbocycles. The zero-order chi connectivity index (χ0) is 11.6. The molecule has 0 fully saturated rings. The first-order valence-electron chi connectivity index (χ1n) is 4.33. The van der Waals surface area contributed by atoms with Crippen LogP contribution in [-0.4, -0.2) is 18.8 Å².